The number of hydrogen-bond donors (Lipinski definition) is 0. The van der Waals surface area contributed by atoms with Crippen molar-refractivity contribution in [2.45, 2.75) is 25.3 Å². The Morgan fingerprint density at radius 2 is 1.86 bits per heavy atom. The molecule has 0 radical (unpaired) electrons. The largest absolute Gasteiger partial charge is 0.270 e. The van der Waals surface area contributed by atoms with Crippen LogP contribution in [0, 0.1) is 13.8 Å². The monoisotopic (exact) mass is 327 g/mol. The number of sulfonamides is 1. The summed E-state index contributed by atoms with van der Waals surface area (Å²) in [7, 11) is -2.07. The van der Waals surface area contributed by atoms with Crippen molar-refractivity contribution in [1.29, 1.82) is 0 Å². The lowest BCUT2D eigenvalue weighted by Crippen LogP contribution is -2.26. The van der Waals surface area contributed by atoms with E-state index in [1.165, 1.54) is 21.4 Å². The Bertz CT molecular complexity index is 720. The molecule has 0 aliphatic carbocycles. The van der Waals surface area contributed by atoms with E-state index in [1.54, 1.807) is 7.05 Å². The van der Waals surface area contributed by atoms with E-state index >= 15 is 0 Å². The molecule has 0 saturated carbocycles. The van der Waals surface area contributed by atoms with E-state index in [4.69, 9.17) is 11.6 Å². The van der Waals surface area contributed by atoms with Crippen LogP contribution in [0.15, 0.2) is 35.5 Å². The second-order valence-corrected chi connectivity index (χ2v) is 7.29. The number of nitrogens with zero attached hydrogens (tertiary/aromatic N) is 3. The van der Waals surface area contributed by atoms with Crippen molar-refractivity contribution in [1.82, 2.24) is 9.78 Å². The minimum Gasteiger partial charge on any atom is -0.270 e. The highest BCUT2D eigenvalue weighted by molar-refractivity contribution is 7.92. The summed E-state index contributed by atoms with van der Waals surface area (Å²) in [6, 6.07) is 5.68. The summed E-state index contributed by atoms with van der Waals surface area (Å²) in [5, 5.41) is 4.01. The quantitative estimate of drug-likeness (QED) is 0.793. The lowest BCUT2D eigenvalue weighted by molar-refractivity contribution is 0.594. The molecule has 0 atom stereocenters. The van der Waals surface area contributed by atoms with Gasteiger partial charge in [0.2, 0.25) is 0 Å². The van der Waals surface area contributed by atoms with Gasteiger partial charge in [0.05, 0.1) is 18.4 Å². The van der Waals surface area contributed by atoms with Crippen LogP contribution in [0.4, 0.5) is 5.69 Å². The molecule has 0 bridgehead atoms. The summed E-state index contributed by atoms with van der Waals surface area (Å²) < 4.78 is 28.0. The number of halogens is 1. The van der Waals surface area contributed by atoms with E-state index in [2.05, 4.69) is 5.10 Å². The lowest BCUT2D eigenvalue weighted by atomic mass is 10.1. The molecule has 2 aromatic rings. The number of alkyl halides is 1. The van der Waals surface area contributed by atoms with Gasteiger partial charge in [0.1, 0.15) is 4.90 Å². The van der Waals surface area contributed by atoms with Gasteiger partial charge in [-0.3, -0.25) is 8.99 Å². The van der Waals surface area contributed by atoms with Crippen LogP contribution in [0.2, 0.25) is 0 Å². The van der Waals surface area contributed by atoms with Crippen LogP contribution in [0.3, 0.4) is 0 Å². The van der Waals surface area contributed by atoms with Gasteiger partial charge in [0, 0.05) is 19.1 Å². The topological polar surface area (TPSA) is 55.2 Å². The number of hydrogen-bond acceptors (Lipinski definition) is 3. The molecule has 1 aromatic carbocycles. The third kappa shape index (κ3) is 3.39. The summed E-state index contributed by atoms with van der Waals surface area (Å²) in [5.74, 6) is 0.383. The van der Waals surface area contributed by atoms with Crippen LogP contribution in [0.5, 0.6) is 0 Å². The molecule has 0 amide bonds. The number of anilines is 1. The van der Waals surface area contributed by atoms with E-state index < -0.39 is 10.0 Å². The Labute approximate surface area is 130 Å². The van der Waals surface area contributed by atoms with Crippen molar-refractivity contribution in [3.63, 3.8) is 0 Å². The van der Waals surface area contributed by atoms with E-state index in [9.17, 15) is 8.42 Å². The molecule has 114 valence electrons. The summed E-state index contributed by atoms with van der Waals surface area (Å²) in [6.07, 6.45) is 2.85. The maximum absolute atomic E-state index is 12.6. The minimum atomic E-state index is -3.62. The zero-order valence-electron chi connectivity index (χ0n) is 12.2. The Hall–Kier alpha value is -1.53. The van der Waals surface area contributed by atoms with Gasteiger partial charge in [0.15, 0.2) is 0 Å². The fourth-order valence-corrected chi connectivity index (χ4v) is 3.42. The van der Waals surface area contributed by atoms with Crippen LogP contribution < -0.4 is 4.31 Å². The maximum atomic E-state index is 12.6. The van der Waals surface area contributed by atoms with E-state index in [0.717, 1.165) is 11.1 Å². The molecule has 2 rings (SSSR count). The highest BCUT2D eigenvalue weighted by Crippen LogP contribution is 2.24. The predicted molar refractivity (Wildman–Crippen MR) is 84.5 cm³/mol. The maximum Gasteiger partial charge on any atom is 0.267 e. The molecule has 5 nitrogen and oxygen atoms in total. The van der Waals surface area contributed by atoms with Gasteiger partial charge in [-0.15, -0.1) is 11.6 Å². The number of aromatic nitrogens is 2. The lowest BCUT2D eigenvalue weighted by Gasteiger charge is -2.19. The van der Waals surface area contributed by atoms with Crippen molar-refractivity contribution in [2.24, 2.45) is 0 Å². The normalized spacial score (nSPS) is 11.6. The first-order valence-electron chi connectivity index (χ1n) is 6.50. The number of rotatable bonds is 5. The van der Waals surface area contributed by atoms with Gasteiger partial charge < -0.3 is 0 Å². The molecular formula is C14H18ClN3O2S. The Morgan fingerprint density at radius 1 is 1.24 bits per heavy atom. The van der Waals surface area contributed by atoms with Crippen LogP contribution in [-0.2, 0) is 16.6 Å². The van der Waals surface area contributed by atoms with Crippen molar-refractivity contribution in [3.05, 3.63) is 41.7 Å². The number of benzene rings is 1. The SMILES string of the molecule is Cc1cc(C)cc(N(C)S(=O)(=O)c2cnn(CCCl)c2)c1. The minimum absolute atomic E-state index is 0.161. The zero-order valence-corrected chi connectivity index (χ0v) is 13.8. The molecule has 1 heterocycles. The molecule has 7 heteroatoms. The van der Waals surface area contributed by atoms with E-state index in [1.807, 2.05) is 32.0 Å². The van der Waals surface area contributed by atoms with Crippen LogP contribution in [-0.4, -0.2) is 31.1 Å². The molecule has 1 aromatic heterocycles. The van der Waals surface area contributed by atoms with Crippen molar-refractivity contribution < 1.29 is 8.42 Å². The summed E-state index contributed by atoms with van der Waals surface area (Å²) >= 11 is 5.63. The highest BCUT2D eigenvalue weighted by Gasteiger charge is 2.23. The molecular weight excluding hydrogens is 310 g/mol. The summed E-state index contributed by atoms with van der Waals surface area (Å²) in [4.78, 5) is 0.161. The van der Waals surface area contributed by atoms with Crippen LogP contribution in [0.25, 0.3) is 0 Å². The number of aryl methyl sites for hydroxylation is 3. The van der Waals surface area contributed by atoms with E-state index in [-0.39, 0.29) is 4.90 Å². The molecule has 0 fully saturated rings. The second kappa shape index (κ2) is 6.07. The fourth-order valence-electron chi connectivity index (χ4n) is 2.12. The predicted octanol–water partition coefficient (Wildman–Crippen LogP) is 2.56. The third-order valence-electron chi connectivity index (χ3n) is 3.15. The molecule has 0 spiro atoms. The first-order valence-corrected chi connectivity index (χ1v) is 8.47. The summed E-state index contributed by atoms with van der Waals surface area (Å²) in [6.45, 7) is 4.36. The molecule has 21 heavy (non-hydrogen) atoms. The van der Waals surface area contributed by atoms with Crippen LogP contribution in [0.1, 0.15) is 11.1 Å². The Balaban J connectivity index is 2.37. The van der Waals surface area contributed by atoms with Crippen molar-refractivity contribution >= 4 is 27.3 Å². The molecule has 0 aliphatic rings. The van der Waals surface area contributed by atoms with Gasteiger partial charge >= 0.3 is 0 Å². The van der Waals surface area contributed by atoms with E-state index in [0.29, 0.717) is 18.1 Å². The smallest absolute Gasteiger partial charge is 0.267 e. The molecule has 0 aliphatic heterocycles. The fraction of sp³-hybridized carbons (Fsp3) is 0.357. The molecule has 0 unspecified atom stereocenters. The van der Waals surface area contributed by atoms with Gasteiger partial charge in [-0.2, -0.15) is 5.10 Å². The third-order valence-corrected chi connectivity index (χ3v) is 5.06. The Morgan fingerprint density at radius 3 is 2.43 bits per heavy atom. The van der Waals surface area contributed by atoms with Gasteiger partial charge in [0.25, 0.3) is 10.0 Å². The van der Waals surface area contributed by atoms with Gasteiger partial charge in [-0.1, -0.05) is 6.07 Å². The zero-order chi connectivity index (χ0) is 15.6. The standard InChI is InChI=1S/C14H18ClN3O2S/c1-11-6-12(2)8-13(7-11)17(3)21(19,20)14-9-16-18(10-14)5-4-15/h6-10H,4-5H2,1-3H3. The van der Waals surface area contributed by atoms with Gasteiger partial charge in [-0.05, 0) is 37.1 Å². The first-order chi connectivity index (χ1) is 9.84. The summed E-state index contributed by atoms with van der Waals surface area (Å²) in [5.41, 5.74) is 2.67. The Kier molecular flexibility index (Phi) is 4.58. The van der Waals surface area contributed by atoms with Crippen molar-refractivity contribution in [3.8, 4) is 0 Å². The van der Waals surface area contributed by atoms with Crippen LogP contribution >= 0.6 is 11.6 Å². The first kappa shape index (κ1) is 15.9. The second-order valence-electron chi connectivity index (χ2n) is 4.95. The molecule has 0 saturated heterocycles. The average molecular weight is 328 g/mol. The van der Waals surface area contributed by atoms with Crippen molar-refractivity contribution in [2.75, 3.05) is 17.2 Å². The van der Waals surface area contributed by atoms with Gasteiger partial charge in [-0.25, -0.2) is 8.42 Å². The highest BCUT2D eigenvalue weighted by atomic mass is 35.5. The average Bonchev–Trinajstić information content (AvgIpc) is 2.86. The molecule has 0 N–H and O–H groups in total.